The Balaban J connectivity index is 1.46. The Kier molecular flexibility index (Phi) is 8.78. The summed E-state index contributed by atoms with van der Waals surface area (Å²) in [5, 5.41) is 15.4. The number of urea groups is 1. The zero-order chi connectivity index (χ0) is 28.9. The third kappa shape index (κ3) is 6.81. The van der Waals surface area contributed by atoms with E-state index in [4.69, 9.17) is 5.11 Å². The molecule has 0 spiro atoms. The highest BCUT2D eigenvalue weighted by Gasteiger charge is 2.34. The van der Waals surface area contributed by atoms with E-state index >= 15 is 0 Å². The van der Waals surface area contributed by atoms with Crippen molar-refractivity contribution in [3.63, 3.8) is 0 Å². The molecule has 1 aliphatic rings. The highest BCUT2D eigenvalue weighted by molar-refractivity contribution is 7.99. The second-order valence-corrected chi connectivity index (χ2v) is 10.0. The largest absolute Gasteiger partial charge is 0.478 e. The molecule has 0 saturated heterocycles. The van der Waals surface area contributed by atoms with E-state index in [1.165, 1.54) is 12.1 Å². The molecule has 8 nitrogen and oxygen atoms in total. The molecule has 0 saturated carbocycles. The summed E-state index contributed by atoms with van der Waals surface area (Å²) in [6.45, 7) is 2.37. The molecule has 3 N–H and O–H groups in total. The fourth-order valence-corrected chi connectivity index (χ4v) is 5.01. The lowest BCUT2D eigenvalue weighted by Gasteiger charge is -2.15. The first kappa shape index (κ1) is 28.7. The normalized spacial score (nSPS) is 13.8. The van der Waals surface area contributed by atoms with E-state index in [1.807, 2.05) is 25.1 Å². The minimum Gasteiger partial charge on any atom is -0.478 e. The van der Waals surface area contributed by atoms with Gasteiger partial charge in [-0.1, -0.05) is 25.1 Å². The molecule has 1 heterocycles. The number of thioether (sulfide) groups is 1. The monoisotopic (exact) mass is 570 g/mol. The predicted octanol–water partition coefficient (Wildman–Crippen LogP) is 6.02. The van der Waals surface area contributed by atoms with Gasteiger partial charge in [-0.15, -0.1) is 11.8 Å². The number of nitrogens with one attached hydrogen (secondary N) is 2. The van der Waals surface area contributed by atoms with Crippen molar-refractivity contribution in [2.75, 3.05) is 22.5 Å². The zero-order valence-electron chi connectivity index (χ0n) is 21.3. The number of carboxylic acid groups (broad SMARTS) is 1. The molecule has 12 heteroatoms. The number of benzene rings is 3. The Morgan fingerprint density at radius 1 is 1.05 bits per heavy atom. The highest BCUT2D eigenvalue weighted by Crippen LogP contribution is 2.34. The van der Waals surface area contributed by atoms with Gasteiger partial charge < -0.3 is 15.3 Å². The Hall–Kier alpha value is -4.32. The van der Waals surface area contributed by atoms with Crippen LogP contribution < -0.4 is 15.6 Å². The Bertz CT molecular complexity index is 1460. The second kappa shape index (κ2) is 12.2. The van der Waals surface area contributed by atoms with E-state index in [0.29, 0.717) is 36.4 Å². The molecule has 3 aromatic rings. The lowest BCUT2D eigenvalue weighted by Crippen LogP contribution is -2.33. The number of aromatic carboxylic acids is 1. The van der Waals surface area contributed by atoms with E-state index < -0.39 is 29.6 Å². The van der Waals surface area contributed by atoms with Gasteiger partial charge in [0.25, 0.3) is 5.91 Å². The average Bonchev–Trinajstić information content (AvgIpc) is 3.17. The van der Waals surface area contributed by atoms with Crippen molar-refractivity contribution in [3.8, 4) is 0 Å². The molecule has 40 heavy (non-hydrogen) atoms. The summed E-state index contributed by atoms with van der Waals surface area (Å²) in [5.74, 6) is -0.676. The number of rotatable bonds is 9. The van der Waals surface area contributed by atoms with Crippen LogP contribution in [0.3, 0.4) is 0 Å². The maximum absolute atomic E-state index is 13.1. The van der Waals surface area contributed by atoms with Crippen LogP contribution in [0.25, 0.3) is 0 Å². The van der Waals surface area contributed by atoms with Gasteiger partial charge in [0.15, 0.2) is 5.71 Å². The molecule has 4 rings (SSSR count). The number of carboxylic acids is 1. The summed E-state index contributed by atoms with van der Waals surface area (Å²) >= 11 is 1.55. The fourth-order valence-electron chi connectivity index (χ4n) is 4.08. The lowest BCUT2D eigenvalue weighted by atomic mass is 10.1. The van der Waals surface area contributed by atoms with E-state index in [9.17, 15) is 27.6 Å². The molecule has 0 unspecified atom stereocenters. The van der Waals surface area contributed by atoms with Crippen LogP contribution in [-0.2, 0) is 17.4 Å². The number of alkyl halides is 3. The van der Waals surface area contributed by atoms with Crippen molar-refractivity contribution in [1.29, 1.82) is 0 Å². The molecule has 0 aliphatic carbocycles. The minimum absolute atomic E-state index is 0.0225. The van der Waals surface area contributed by atoms with Gasteiger partial charge in [0.1, 0.15) is 0 Å². The summed E-state index contributed by atoms with van der Waals surface area (Å²) in [4.78, 5) is 39.0. The molecule has 0 atom stereocenters. The number of nitrogens with zero attached hydrogens (tertiary/aromatic N) is 2. The SMILES string of the molecule is CCCN1C(=O)C(=NNC(=O)Nc2cccc(C(F)(F)F)c2)c2cc(SCCc3ccc(C(=O)O)cc3)ccc21. The molecule has 3 amide bonds. The molecule has 0 fully saturated rings. The number of anilines is 2. The zero-order valence-corrected chi connectivity index (χ0v) is 22.1. The molecule has 0 bridgehead atoms. The van der Waals surface area contributed by atoms with Crippen LogP contribution in [0.2, 0.25) is 0 Å². The van der Waals surface area contributed by atoms with E-state index in [2.05, 4.69) is 15.8 Å². The number of halogens is 3. The molecule has 208 valence electrons. The summed E-state index contributed by atoms with van der Waals surface area (Å²) in [6, 6.07) is 15.5. The number of hydrogen-bond acceptors (Lipinski definition) is 5. The van der Waals surface area contributed by atoms with Gasteiger partial charge in [0, 0.05) is 28.4 Å². The standard InChI is InChI=1S/C28H25F3N4O4S/c1-2-13-35-23-11-10-21(40-14-12-17-6-8-18(9-7-17)26(37)38)16-22(23)24(25(35)36)33-34-27(39)32-20-5-3-4-19(15-20)28(29,30)31/h3-11,15-16H,2,12-14H2,1H3,(H,37,38)(H2,32,34,39). The smallest absolute Gasteiger partial charge is 0.416 e. The maximum atomic E-state index is 13.1. The lowest BCUT2D eigenvalue weighted by molar-refractivity contribution is -0.137. The van der Waals surface area contributed by atoms with Crippen LogP contribution >= 0.6 is 11.8 Å². The molecular weight excluding hydrogens is 545 g/mol. The Morgan fingerprint density at radius 3 is 2.48 bits per heavy atom. The van der Waals surface area contributed by atoms with Crippen LogP contribution in [0, 0.1) is 0 Å². The van der Waals surface area contributed by atoms with E-state index in [-0.39, 0.29) is 17.0 Å². The van der Waals surface area contributed by atoms with Gasteiger partial charge in [-0.2, -0.15) is 18.3 Å². The number of hydrazone groups is 1. The third-order valence-electron chi connectivity index (χ3n) is 5.99. The summed E-state index contributed by atoms with van der Waals surface area (Å²) in [5.41, 5.74) is 3.66. The van der Waals surface area contributed by atoms with Gasteiger partial charge in [-0.3, -0.25) is 4.79 Å². The first-order valence-electron chi connectivity index (χ1n) is 12.3. The van der Waals surface area contributed by atoms with Crippen molar-refractivity contribution < 1.29 is 32.7 Å². The van der Waals surface area contributed by atoms with Crippen molar-refractivity contribution >= 4 is 46.8 Å². The molecular formula is C28H25F3N4O4S. The van der Waals surface area contributed by atoms with Crippen molar-refractivity contribution in [3.05, 3.63) is 89.0 Å². The summed E-state index contributed by atoms with van der Waals surface area (Å²) in [6.07, 6.45) is -3.17. The van der Waals surface area contributed by atoms with Gasteiger partial charge in [-0.25, -0.2) is 15.0 Å². The van der Waals surface area contributed by atoms with Gasteiger partial charge in [0.05, 0.1) is 16.8 Å². The van der Waals surface area contributed by atoms with E-state index in [1.54, 1.807) is 40.9 Å². The second-order valence-electron chi connectivity index (χ2n) is 8.84. The van der Waals surface area contributed by atoms with Crippen LogP contribution in [0.5, 0.6) is 0 Å². The third-order valence-corrected chi connectivity index (χ3v) is 6.98. The predicted molar refractivity (Wildman–Crippen MR) is 147 cm³/mol. The van der Waals surface area contributed by atoms with E-state index in [0.717, 1.165) is 22.6 Å². The topological polar surface area (TPSA) is 111 Å². The number of carbonyl (C=O) groups is 3. The number of amides is 3. The maximum Gasteiger partial charge on any atom is 0.416 e. The Morgan fingerprint density at radius 2 is 1.80 bits per heavy atom. The van der Waals surface area contributed by atoms with Crippen LogP contribution in [0.4, 0.5) is 29.3 Å². The Labute approximate surface area is 232 Å². The summed E-state index contributed by atoms with van der Waals surface area (Å²) in [7, 11) is 0. The van der Waals surface area contributed by atoms with Gasteiger partial charge in [-0.05, 0) is 66.9 Å². The molecule has 0 aromatic heterocycles. The van der Waals surface area contributed by atoms with Crippen molar-refractivity contribution in [1.82, 2.24) is 5.43 Å². The van der Waals surface area contributed by atoms with Crippen LogP contribution in [-0.4, -0.2) is 41.0 Å². The molecule has 0 radical (unpaired) electrons. The first-order chi connectivity index (χ1) is 19.1. The quantitative estimate of drug-likeness (QED) is 0.215. The van der Waals surface area contributed by atoms with Crippen molar-refractivity contribution in [2.45, 2.75) is 30.8 Å². The van der Waals surface area contributed by atoms with Crippen LogP contribution in [0.1, 0.15) is 40.4 Å². The number of fused-ring (bicyclic) bond motifs is 1. The van der Waals surface area contributed by atoms with Crippen LogP contribution in [0.15, 0.2) is 76.7 Å². The first-order valence-corrected chi connectivity index (χ1v) is 13.3. The number of carbonyl (C=O) groups excluding carboxylic acids is 2. The van der Waals surface area contributed by atoms with Gasteiger partial charge >= 0.3 is 18.2 Å². The van der Waals surface area contributed by atoms with Crippen molar-refractivity contribution in [2.24, 2.45) is 5.10 Å². The van der Waals surface area contributed by atoms with Gasteiger partial charge in [0.2, 0.25) is 0 Å². The minimum atomic E-state index is -4.56. The fraction of sp³-hybridized carbons (Fsp3) is 0.214. The molecule has 1 aliphatic heterocycles. The summed E-state index contributed by atoms with van der Waals surface area (Å²) < 4.78 is 38.9. The highest BCUT2D eigenvalue weighted by atomic mass is 32.2. The molecule has 3 aromatic carbocycles. The average molecular weight is 571 g/mol. The number of aryl methyl sites for hydroxylation is 1. The number of hydrogen-bond donors (Lipinski definition) is 3.